The minimum absolute atomic E-state index is 0.109. The van der Waals surface area contributed by atoms with E-state index in [0.717, 1.165) is 12.8 Å². The summed E-state index contributed by atoms with van der Waals surface area (Å²) >= 11 is 0. The van der Waals surface area contributed by atoms with Gasteiger partial charge in [-0.2, -0.15) is 0 Å². The van der Waals surface area contributed by atoms with Crippen molar-refractivity contribution in [2.45, 2.75) is 44.9 Å². The molecule has 2 amide bonds. The highest BCUT2D eigenvalue weighted by molar-refractivity contribution is 6.04. The molecule has 3 rings (SSSR count). The van der Waals surface area contributed by atoms with Crippen molar-refractivity contribution >= 4 is 23.0 Å². The summed E-state index contributed by atoms with van der Waals surface area (Å²) < 4.78 is 11.0. The van der Waals surface area contributed by atoms with E-state index in [4.69, 9.17) is 9.47 Å². The second-order valence-corrected chi connectivity index (χ2v) is 7.30. The highest BCUT2D eigenvalue weighted by Crippen LogP contribution is 2.23. The van der Waals surface area contributed by atoms with Crippen LogP contribution in [-0.2, 0) is 9.53 Å². The summed E-state index contributed by atoms with van der Waals surface area (Å²) in [5.41, 5.74) is 1.33. The van der Waals surface area contributed by atoms with E-state index in [1.54, 1.807) is 18.2 Å². The first-order valence-electron chi connectivity index (χ1n) is 9.66. The van der Waals surface area contributed by atoms with E-state index in [2.05, 4.69) is 26.8 Å². The maximum Gasteiger partial charge on any atom is 0.255 e. The second kappa shape index (κ2) is 9.04. The number of nitrogens with zero attached hydrogens (tertiary/aromatic N) is 3. The summed E-state index contributed by atoms with van der Waals surface area (Å²) in [6.45, 7) is 8.30. The number of carbonyl (C=O) groups is 2. The van der Waals surface area contributed by atoms with Gasteiger partial charge in [0.25, 0.3) is 5.91 Å². The van der Waals surface area contributed by atoms with Gasteiger partial charge >= 0.3 is 0 Å². The van der Waals surface area contributed by atoms with Crippen LogP contribution in [0.4, 0.5) is 0 Å². The lowest BCUT2D eigenvalue weighted by Gasteiger charge is -2.37. The van der Waals surface area contributed by atoms with Crippen LogP contribution >= 0.6 is 0 Å². The first-order valence-corrected chi connectivity index (χ1v) is 9.66. The number of likely N-dealkylation sites (tertiary alicyclic amines) is 1. The number of rotatable bonds is 7. The topological polar surface area (TPSA) is 109 Å². The van der Waals surface area contributed by atoms with Gasteiger partial charge in [0.1, 0.15) is 11.6 Å². The van der Waals surface area contributed by atoms with Crippen molar-refractivity contribution in [3.05, 3.63) is 30.6 Å². The van der Waals surface area contributed by atoms with E-state index in [1.165, 1.54) is 12.3 Å². The van der Waals surface area contributed by atoms with Crippen molar-refractivity contribution < 1.29 is 19.1 Å². The zero-order chi connectivity index (χ0) is 21.0. The number of nitrogens with one attached hydrogen (secondary N) is 2. The van der Waals surface area contributed by atoms with Crippen LogP contribution in [0.1, 0.15) is 37.0 Å². The number of amides is 2. The summed E-state index contributed by atoms with van der Waals surface area (Å²) in [5, 5.41) is 2.86. The molecule has 3 atom stereocenters. The van der Waals surface area contributed by atoms with Crippen LogP contribution in [0.2, 0.25) is 0 Å². The van der Waals surface area contributed by atoms with Gasteiger partial charge in [-0.25, -0.2) is 9.97 Å². The standard InChI is InChI=1S/C20H27N5O4/c1-5-17(26)25-10-14(7-6-13(25)3)29-16-9-22-19-18(24-16)15(8-21-19)20(27)23-12(2)11-28-4/h5,8-9,12-14H,1,6-7,10-11H2,2-4H3,(H,21,22)(H,23,27)/t12-,13-,14+/m0/s1. The van der Waals surface area contributed by atoms with Crippen molar-refractivity contribution in [2.75, 3.05) is 20.3 Å². The highest BCUT2D eigenvalue weighted by atomic mass is 16.5. The Labute approximate surface area is 169 Å². The Balaban J connectivity index is 1.75. The molecule has 156 valence electrons. The molecule has 0 bridgehead atoms. The van der Waals surface area contributed by atoms with E-state index in [1.807, 2.05) is 13.8 Å². The second-order valence-electron chi connectivity index (χ2n) is 7.30. The van der Waals surface area contributed by atoms with Crippen LogP contribution in [-0.4, -0.2) is 70.1 Å². The molecular weight excluding hydrogens is 374 g/mol. The van der Waals surface area contributed by atoms with Crippen LogP contribution in [0.15, 0.2) is 25.0 Å². The number of H-pyrrole nitrogens is 1. The molecule has 0 unspecified atom stereocenters. The monoisotopic (exact) mass is 401 g/mol. The lowest BCUT2D eigenvalue weighted by molar-refractivity contribution is -0.131. The Kier molecular flexibility index (Phi) is 6.48. The number of aromatic nitrogens is 3. The Hall–Kier alpha value is -2.94. The number of fused-ring (bicyclic) bond motifs is 1. The molecule has 0 aliphatic carbocycles. The third-order valence-electron chi connectivity index (χ3n) is 4.98. The largest absolute Gasteiger partial charge is 0.471 e. The first kappa shape index (κ1) is 20.8. The van der Waals surface area contributed by atoms with Crippen LogP contribution in [0.5, 0.6) is 5.88 Å². The first-order chi connectivity index (χ1) is 13.9. The molecule has 2 aromatic rings. The molecule has 0 radical (unpaired) electrons. The van der Waals surface area contributed by atoms with E-state index >= 15 is 0 Å². The fourth-order valence-electron chi connectivity index (χ4n) is 3.46. The van der Waals surface area contributed by atoms with E-state index in [-0.39, 0.29) is 30.0 Å². The lowest BCUT2D eigenvalue weighted by atomic mass is 10.0. The summed E-state index contributed by atoms with van der Waals surface area (Å²) in [5.74, 6) is -0.0507. The zero-order valence-corrected chi connectivity index (χ0v) is 17.0. The van der Waals surface area contributed by atoms with Crippen molar-refractivity contribution in [3.63, 3.8) is 0 Å². The van der Waals surface area contributed by atoms with Gasteiger partial charge in [0.15, 0.2) is 5.65 Å². The molecule has 1 fully saturated rings. The van der Waals surface area contributed by atoms with Crippen molar-refractivity contribution in [1.82, 2.24) is 25.2 Å². The van der Waals surface area contributed by atoms with Crippen molar-refractivity contribution in [1.29, 1.82) is 0 Å². The summed E-state index contributed by atoms with van der Waals surface area (Å²) in [7, 11) is 1.58. The average Bonchev–Trinajstić information content (AvgIpc) is 3.12. The van der Waals surface area contributed by atoms with Crippen LogP contribution in [0.25, 0.3) is 11.2 Å². The number of piperidine rings is 1. The molecule has 1 aliphatic rings. The summed E-state index contributed by atoms with van der Waals surface area (Å²) in [4.78, 5) is 38.1. The molecule has 1 saturated heterocycles. The Bertz CT molecular complexity index is 896. The SMILES string of the molecule is C=CC(=O)N1C[C@H](Oc2cnc3[nH]cc(C(=O)N[C@@H](C)COC)c3n2)CC[C@@H]1C. The fraction of sp³-hybridized carbons (Fsp3) is 0.500. The van der Waals surface area contributed by atoms with Gasteiger partial charge in [0.2, 0.25) is 11.8 Å². The van der Waals surface area contributed by atoms with Crippen molar-refractivity contribution in [3.8, 4) is 5.88 Å². The molecule has 9 heteroatoms. The van der Waals surface area contributed by atoms with Gasteiger partial charge in [-0.05, 0) is 32.8 Å². The van der Waals surface area contributed by atoms with E-state index in [0.29, 0.717) is 35.8 Å². The number of hydrogen-bond acceptors (Lipinski definition) is 6. The maximum atomic E-state index is 12.5. The highest BCUT2D eigenvalue weighted by Gasteiger charge is 2.29. The van der Waals surface area contributed by atoms with Crippen LogP contribution in [0.3, 0.4) is 0 Å². The molecule has 29 heavy (non-hydrogen) atoms. The maximum absolute atomic E-state index is 12.5. The van der Waals surface area contributed by atoms with E-state index < -0.39 is 0 Å². The fourth-order valence-corrected chi connectivity index (χ4v) is 3.46. The molecule has 2 N–H and O–H groups in total. The molecule has 0 saturated carbocycles. The Morgan fingerprint density at radius 3 is 3.00 bits per heavy atom. The number of aromatic amines is 1. The van der Waals surface area contributed by atoms with Gasteiger partial charge in [0, 0.05) is 25.4 Å². The quantitative estimate of drug-likeness (QED) is 0.683. The molecule has 1 aliphatic heterocycles. The average molecular weight is 401 g/mol. The van der Waals surface area contributed by atoms with Crippen LogP contribution in [0, 0.1) is 0 Å². The smallest absolute Gasteiger partial charge is 0.255 e. The van der Waals surface area contributed by atoms with Gasteiger partial charge in [-0.15, -0.1) is 0 Å². The summed E-state index contributed by atoms with van der Waals surface area (Å²) in [6.07, 6.45) is 5.85. The minimum Gasteiger partial charge on any atom is -0.471 e. The minimum atomic E-state index is -0.263. The van der Waals surface area contributed by atoms with Gasteiger partial charge < -0.3 is 24.7 Å². The lowest BCUT2D eigenvalue weighted by Crippen LogP contribution is -2.48. The molecular formula is C20H27N5O4. The number of carbonyl (C=O) groups excluding carboxylic acids is 2. The van der Waals surface area contributed by atoms with Gasteiger partial charge in [-0.1, -0.05) is 6.58 Å². The predicted octanol–water partition coefficient (Wildman–Crippen LogP) is 1.67. The van der Waals surface area contributed by atoms with E-state index in [9.17, 15) is 9.59 Å². The number of methoxy groups -OCH3 is 1. The molecule has 2 aromatic heterocycles. The van der Waals surface area contributed by atoms with Crippen molar-refractivity contribution in [2.24, 2.45) is 0 Å². The number of ether oxygens (including phenoxy) is 2. The predicted molar refractivity (Wildman–Crippen MR) is 108 cm³/mol. The molecule has 0 spiro atoms. The molecule has 9 nitrogen and oxygen atoms in total. The van der Waals surface area contributed by atoms with Crippen LogP contribution < -0.4 is 10.1 Å². The van der Waals surface area contributed by atoms with Gasteiger partial charge in [-0.3, -0.25) is 9.59 Å². The van der Waals surface area contributed by atoms with Gasteiger partial charge in [0.05, 0.1) is 24.9 Å². The number of hydrogen-bond donors (Lipinski definition) is 2. The third kappa shape index (κ3) is 4.73. The zero-order valence-electron chi connectivity index (χ0n) is 17.0. The molecule has 0 aromatic carbocycles. The third-order valence-corrected chi connectivity index (χ3v) is 4.98. The molecule has 3 heterocycles. The Morgan fingerprint density at radius 1 is 1.48 bits per heavy atom. The normalized spacial score (nSPS) is 20.3. The summed E-state index contributed by atoms with van der Waals surface area (Å²) in [6, 6.07) is 0.00503. The Morgan fingerprint density at radius 2 is 2.28 bits per heavy atom.